The van der Waals surface area contributed by atoms with Crippen molar-refractivity contribution in [2.45, 2.75) is 32.4 Å². The van der Waals surface area contributed by atoms with Crippen molar-refractivity contribution in [3.8, 4) is 12.3 Å². The summed E-state index contributed by atoms with van der Waals surface area (Å²) in [6.07, 6.45) is 6.32. The molecule has 0 rings (SSSR count). The van der Waals surface area contributed by atoms with E-state index in [1.165, 1.54) is 0 Å². The average Bonchev–Trinajstić information content (AvgIpc) is 1.96. The third-order valence-electron chi connectivity index (χ3n) is 1.56. The number of nitrogens with one attached hydrogen (secondary N) is 2. The molecule has 1 atom stereocenters. The largest absolute Gasteiger partial charge is 0.302 e. The standard InChI is InChI=1S/C9H18N2O2S/c1-6-8(2)10-7-9(3,4)11-14(5,12)13/h1,8,10-11H,7H2,2-5H3. The van der Waals surface area contributed by atoms with Crippen molar-refractivity contribution < 1.29 is 8.42 Å². The molecule has 0 spiro atoms. The maximum Gasteiger partial charge on any atom is 0.209 e. The van der Waals surface area contributed by atoms with Gasteiger partial charge in [0.2, 0.25) is 10.0 Å². The number of hydrogen-bond donors (Lipinski definition) is 2. The molecule has 0 aromatic heterocycles. The lowest BCUT2D eigenvalue weighted by atomic mass is 10.1. The lowest BCUT2D eigenvalue weighted by Crippen LogP contribution is -2.51. The van der Waals surface area contributed by atoms with Crippen LogP contribution in [0.2, 0.25) is 0 Å². The summed E-state index contributed by atoms with van der Waals surface area (Å²) in [7, 11) is -3.18. The van der Waals surface area contributed by atoms with Gasteiger partial charge in [0, 0.05) is 12.1 Å². The fraction of sp³-hybridized carbons (Fsp3) is 0.778. The van der Waals surface area contributed by atoms with E-state index in [-0.39, 0.29) is 6.04 Å². The van der Waals surface area contributed by atoms with E-state index in [1.807, 2.05) is 6.92 Å². The van der Waals surface area contributed by atoms with Gasteiger partial charge in [0.25, 0.3) is 0 Å². The second kappa shape index (κ2) is 4.78. The fourth-order valence-corrected chi connectivity index (χ4v) is 2.08. The fourth-order valence-electron chi connectivity index (χ4n) is 1.01. The average molecular weight is 218 g/mol. The lowest BCUT2D eigenvalue weighted by molar-refractivity contribution is 0.414. The molecule has 0 saturated carbocycles. The molecular formula is C9H18N2O2S. The third kappa shape index (κ3) is 6.89. The Morgan fingerprint density at radius 3 is 2.36 bits per heavy atom. The summed E-state index contributed by atoms with van der Waals surface area (Å²) >= 11 is 0. The first-order chi connectivity index (χ1) is 6.16. The highest BCUT2D eigenvalue weighted by Gasteiger charge is 2.21. The molecule has 0 amide bonds. The van der Waals surface area contributed by atoms with E-state index in [0.717, 1.165) is 6.26 Å². The second-order valence-corrected chi connectivity index (χ2v) is 5.78. The van der Waals surface area contributed by atoms with Crippen LogP contribution in [0.4, 0.5) is 0 Å². The summed E-state index contributed by atoms with van der Waals surface area (Å²) in [6, 6.07) is -0.0596. The van der Waals surface area contributed by atoms with E-state index >= 15 is 0 Å². The minimum absolute atomic E-state index is 0.0596. The zero-order chi connectivity index (χ0) is 11.4. The summed E-state index contributed by atoms with van der Waals surface area (Å²) < 4.78 is 24.5. The van der Waals surface area contributed by atoms with E-state index in [1.54, 1.807) is 13.8 Å². The van der Waals surface area contributed by atoms with E-state index in [0.29, 0.717) is 6.54 Å². The summed E-state index contributed by atoms with van der Waals surface area (Å²) in [5.41, 5.74) is -0.529. The normalized spacial score (nSPS) is 14.8. The van der Waals surface area contributed by atoms with Crippen molar-refractivity contribution in [3.63, 3.8) is 0 Å². The zero-order valence-corrected chi connectivity index (χ0v) is 9.90. The van der Waals surface area contributed by atoms with Gasteiger partial charge in [0.05, 0.1) is 12.3 Å². The van der Waals surface area contributed by atoms with Crippen LogP contribution in [-0.2, 0) is 10.0 Å². The van der Waals surface area contributed by atoms with Crippen LogP contribution < -0.4 is 10.0 Å². The van der Waals surface area contributed by atoms with E-state index in [4.69, 9.17) is 6.42 Å². The molecule has 4 nitrogen and oxygen atoms in total. The van der Waals surface area contributed by atoms with Crippen LogP contribution in [0, 0.1) is 12.3 Å². The molecule has 0 radical (unpaired) electrons. The quantitative estimate of drug-likeness (QED) is 0.635. The van der Waals surface area contributed by atoms with Gasteiger partial charge in [-0.05, 0) is 20.8 Å². The molecule has 0 bridgehead atoms. The van der Waals surface area contributed by atoms with E-state index < -0.39 is 15.6 Å². The van der Waals surface area contributed by atoms with Crippen LogP contribution in [-0.4, -0.2) is 32.8 Å². The first-order valence-electron chi connectivity index (χ1n) is 4.35. The predicted octanol–water partition coefficient (Wildman–Crippen LogP) is -0.0745. The number of hydrogen-bond acceptors (Lipinski definition) is 3. The maximum atomic E-state index is 11.0. The summed E-state index contributed by atoms with van der Waals surface area (Å²) in [5, 5.41) is 3.03. The molecule has 1 unspecified atom stereocenters. The minimum Gasteiger partial charge on any atom is -0.302 e. The van der Waals surface area contributed by atoms with Crippen molar-refractivity contribution in [1.29, 1.82) is 0 Å². The zero-order valence-electron chi connectivity index (χ0n) is 9.09. The van der Waals surface area contributed by atoms with Gasteiger partial charge in [0.15, 0.2) is 0 Å². The molecular weight excluding hydrogens is 200 g/mol. The van der Waals surface area contributed by atoms with Crippen molar-refractivity contribution in [1.82, 2.24) is 10.0 Å². The molecule has 82 valence electrons. The molecule has 5 heteroatoms. The molecule has 0 aromatic rings. The Morgan fingerprint density at radius 2 is 2.00 bits per heavy atom. The van der Waals surface area contributed by atoms with Gasteiger partial charge in [0.1, 0.15) is 0 Å². The highest BCUT2D eigenvalue weighted by molar-refractivity contribution is 7.88. The molecule has 0 aromatic carbocycles. The van der Waals surface area contributed by atoms with Gasteiger partial charge < -0.3 is 5.32 Å². The second-order valence-electron chi connectivity index (χ2n) is 4.03. The Kier molecular flexibility index (Phi) is 4.59. The van der Waals surface area contributed by atoms with Gasteiger partial charge in [-0.15, -0.1) is 6.42 Å². The number of sulfonamides is 1. The Hall–Kier alpha value is -0.570. The number of rotatable bonds is 5. The van der Waals surface area contributed by atoms with Crippen LogP contribution >= 0.6 is 0 Å². The van der Waals surface area contributed by atoms with Crippen LogP contribution in [0.5, 0.6) is 0 Å². The van der Waals surface area contributed by atoms with Crippen molar-refractivity contribution in [3.05, 3.63) is 0 Å². The molecule has 0 aliphatic carbocycles. The Labute approximate surface area is 86.5 Å². The first kappa shape index (κ1) is 13.4. The maximum absolute atomic E-state index is 11.0. The van der Waals surface area contributed by atoms with Crippen molar-refractivity contribution >= 4 is 10.0 Å². The summed E-state index contributed by atoms with van der Waals surface area (Å²) in [6.45, 7) is 5.93. The predicted molar refractivity (Wildman–Crippen MR) is 58.4 cm³/mol. The topological polar surface area (TPSA) is 58.2 Å². The van der Waals surface area contributed by atoms with Crippen LogP contribution in [0.15, 0.2) is 0 Å². The first-order valence-corrected chi connectivity index (χ1v) is 6.24. The summed E-state index contributed by atoms with van der Waals surface area (Å²) in [4.78, 5) is 0. The van der Waals surface area contributed by atoms with Gasteiger partial charge in [-0.25, -0.2) is 13.1 Å². The van der Waals surface area contributed by atoms with Crippen LogP contribution in [0.1, 0.15) is 20.8 Å². The molecule has 14 heavy (non-hydrogen) atoms. The van der Waals surface area contributed by atoms with E-state index in [9.17, 15) is 8.42 Å². The Bertz CT molecular complexity index is 314. The monoisotopic (exact) mass is 218 g/mol. The third-order valence-corrected chi connectivity index (χ3v) is 2.49. The highest BCUT2D eigenvalue weighted by atomic mass is 32.2. The molecule has 0 fully saturated rings. The SMILES string of the molecule is C#CC(C)NCC(C)(C)NS(C)(=O)=O. The minimum atomic E-state index is -3.18. The van der Waals surface area contributed by atoms with Crippen LogP contribution in [0.3, 0.4) is 0 Å². The van der Waals surface area contributed by atoms with Gasteiger partial charge in [-0.3, -0.25) is 0 Å². The highest BCUT2D eigenvalue weighted by Crippen LogP contribution is 2.02. The van der Waals surface area contributed by atoms with Crippen LogP contribution in [0.25, 0.3) is 0 Å². The van der Waals surface area contributed by atoms with Crippen molar-refractivity contribution in [2.75, 3.05) is 12.8 Å². The molecule has 0 aliphatic rings. The Morgan fingerprint density at radius 1 is 1.50 bits per heavy atom. The van der Waals surface area contributed by atoms with Gasteiger partial charge in [-0.2, -0.15) is 0 Å². The number of terminal acetylenes is 1. The van der Waals surface area contributed by atoms with E-state index in [2.05, 4.69) is 16.0 Å². The van der Waals surface area contributed by atoms with Crippen molar-refractivity contribution in [2.24, 2.45) is 0 Å². The molecule has 0 saturated heterocycles. The molecule has 0 aliphatic heterocycles. The lowest BCUT2D eigenvalue weighted by Gasteiger charge is -2.26. The molecule has 2 N–H and O–H groups in total. The smallest absolute Gasteiger partial charge is 0.209 e. The van der Waals surface area contributed by atoms with Gasteiger partial charge >= 0.3 is 0 Å². The molecule has 0 heterocycles. The van der Waals surface area contributed by atoms with Gasteiger partial charge in [-0.1, -0.05) is 5.92 Å². The summed E-state index contributed by atoms with van der Waals surface area (Å²) in [5.74, 6) is 2.51. The Balaban J connectivity index is 4.17.